The van der Waals surface area contributed by atoms with Gasteiger partial charge in [0.25, 0.3) is 11.7 Å². The molecule has 0 aromatic heterocycles. The molecule has 3 amide bonds. The van der Waals surface area contributed by atoms with Crippen molar-refractivity contribution in [2.24, 2.45) is 5.92 Å². The predicted octanol–water partition coefficient (Wildman–Crippen LogP) is -1.91. The molecule has 0 aliphatic carbocycles. The molecular weight excluding hydrogens is 210 g/mol. The predicted molar refractivity (Wildman–Crippen MR) is 54.2 cm³/mol. The van der Waals surface area contributed by atoms with Gasteiger partial charge < -0.3 is 0 Å². The number of carbonyl (C=O) groups is 3. The fraction of sp³-hybridized carbons (Fsp3) is 0.400. The second-order valence-electron chi connectivity index (χ2n) is 3.89. The third-order valence-corrected chi connectivity index (χ3v) is 2.87. The fourth-order valence-corrected chi connectivity index (χ4v) is 1.82. The Kier molecular flexibility index (Phi) is 2.15. The number of Topliss-reactive ketones (excluding diaryl/α,β-unsaturated/α-hetero) is 1. The van der Waals surface area contributed by atoms with Crippen molar-refractivity contribution in [3.63, 3.8) is 0 Å². The van der Waals surface area contributed by atoms with Gasteiger partial charge in [-0.3, -0.25) is 9.59 Å². The van der Waals surface area contributed by atoms with E-state index < -0.39 is 17.9 Å². The molecule has 0 radical (unpaired) electrons. The quantitative estimate of drug-likeness (QED) is 0.486. The Hall–Kier alpha value is -1.98. The van der Waals surface area contributed by atoms with Gasteiger partial charge >= 0.3 is 6.03 Å². The van der Waals surface area contributed by atoms with Gasteiger partial charge in [-0.05, 0) is 6.92 Å². The van der Waals surface area contributed by atoms with Crippen molar-refractivity contribution in [3.8, 4) is 0 Å². The van der Waals surface area contributed by atoms with Crippen molar-refractivity contribution in [1.29, 1.82) is 0 Å². The minimum Gasteiger partial charge on any atom is -0.293 e. The van der Waals surface area contributed by atoms with E-state index in [0.29, 0.717) is 11.4 Å². The van der Waals surface area contributed by atoms with Crippen molar-refractivity contribution >= 4 is 23.6 Å². The molecule has 2 aliphatic heterocycles. The molecule has 1 fully saturated rings. The fourth-order valence-electron chi connectivity index (χ4n) is 1.82. The molecule has 1 unspecified atom stereocenters. The summed E-state index contributed by atoms with van der Waals surface area (Å²) in [6, 6.07) is -0.440. The van der Waals surface area contributed by atoms with E-state index >= 15 is 0 Å². The van der Waals surface area contributed by atoms with E-state index in [1.54, 1.807) is 6.92 Å². The van der Waals surface area contributed by atoms with Crippen molar-refractivity contribution < 1.29 is 19.4 Å². The maximum Gasteiger partial charge on any atom is 0.417 e. The molecular formula is C10H12N3O3+. The molecule has 0 spiro atoms. The smallest absolute Gasteiger partial charge is 0.293 e. The van der Waals surface area contributed by atoms with Crippen molar-refractivity contribution in [3.05, 3.63) is 11.8 Å². The van der Waals surface area contributed by atoms with Gasteiger partial charge in [0.05, 0.1) is 13.2 Å². The van der Waals surface area contributed by atoms with Crippen LogP contribution in [0.3, 0.4) is 0 Å². The summed E-state index contributed by atoms with van der Waals surface area (Å²) in [7, 11) is 2.90. The molecule has 0 aromatic carbocycles. The van der Waals surface area contributed by atoms with Crippen LogP contribution >= 0.6 is 0 Å². The highest BCUT2D eigenvalue weighted by Gasteiger charge is 2.51. The van der Waals surface area contributed by atoms with Gasteiger partial charge in [-0.15, -0.1) is 0 Å². The van der Waals surface area contributed by atoms with Gasteiger partial charge in [-0.25, -0.2) is 14.7 Å². The number of allylic oxidation sites excluding steroid dienone is 1. The summed E-state index contributed by atoms with van der Waals surface area (Å²) in [4.78, 5) is 40.4. The third-order valence-electron chi connectivity index (χ3n) is 2.87. The van der Waals surface area contributed by atoms with Crippen LogP contribution in [0.5, 0.6) is 0 Å². The van der Waals surface area contributed by atoms with Crippen LogP contribution in [-0.4, -0.2) is 47.5 Å². The second kappa shape index (κ2) is 3.26. The first-order valence-corrected chi connectivity index (χ1v) is 4.84. The Labute approximate surface area is 92.2 Å². The van der Waals surface area contributed by atoms with Crippen LogP contribution in [0.25, 0.3) is 0 Å². The SMILES string of the molecule is CC1=C[NH+]=C2C(C1=O)C(=O)N(C)C(=O)N2C. The number of ketones is 1. The molecule has 16 heavy (non-hydrogen) atoms. The molecule has 1 saturated heterocycles. The number of rotatable bonds is 0. The zero-order valence-electron chi connectivity index (χ0n) is 9.27. The average Bonchev–Trinajstić information content (AvgIpc) is 2.27. The number of hydrogen-bond acceptors (Lipinski definition) is 3. The summed E-state index contributed by atoms with van der Waals surface area (Å²) in [5.74, 6) is -1.31. The van der Waals surface area contributed by atoms with Gasteiger partial charge in [-0.2, -0.15) is 4.90 Å². The molecule has 1 N–H and O–H groups in total. The third kappa shape index (κ3) is 1.19. The van der Waals surface area contributed by atoms with E-state index in [2.05, 4.69) is 4.99 Å². The van der Waals surface area contributed by atoms with E-state index in [-0.39, 0.29) is 5.78 Å². The lowest BCUT2D eigenvalue weighted by Crippen LogP contribution is -2.80. The van der Waals surface area contributed by atoms with E-state index in [9.17, 15) is 14.4 Å². The van der Waals surface area contributed by atoms with E-state index in [1.165, 1.54) is 25.2 Å². The van der Waals surface area contributed by atoms with Crippen LogP contribution in [0, 0.1) is 5.92 Å². The number of imide groups is 1. The summed E-state index contributed by atoms with van der Waals surface area (Å²) in [5, 5.41) is 0. The minimum atomic E-state index is -0.905. The highest BCUT2D eigenvalue weighted by Crippen LogP contribution is 2.18. The topological polar surface area (TPSA) is 71.7 Å². The summed E-state index contributed by atoms with van der Waals surface area (Å²) >= 11 is 0. The highest BCUT2D eigenvalue weighted by atomic mass is 16.2. The van der Waals surface area contributed by atoms with Crippen molar-refractivity contribution in [2.45, 2.75) is 6.92 Å². The van der Waals surface area contributed by atoms with Crippen molar-refractivity contribution in [1.82, 2.24) is 9.80 Å². The van der Waals surface area contributed by atoms with Gasteiger partial charge in [0.1, 0.15) is 0 Å². The summed E-state index contributed by atoms with van der Waals surface area (Å²) < 4.78 is 0. The first-order valence-electron chi connectivity index (χ1n) is 4.84. The number of amides is 3. The Bertz CT molecular complexity index is 464. The highest BCUT2D eigenvalue weighted by molar-refractivity contribution is 6.29. The van der Waals surface area contributed by atoms with Crippen LogP contribution in [0.1, 0.15) is 6.92 Å². The molecule has 2 heterocycles. The van der Waals surface area contributed by atoms with Crippen LogP contribution in [0.2, 0.25) is 0 Å². The van der Waals surface area contributed by atoms with Crippen molar-refractivity contribution in [2.75, 3.05) is 14.1 Å². The molecule has 2 aliphatic rings. The average molecular weight is 222 g/mol. The number of nitrogens with one attached hydrogen (secondary N) is 1. The van der Waals surface area contributed by atoms with Crippen LogP contribution in [0.15, 0.2) is 11.8 Å². The summed E-state index contributed by atoms with van der Waals surface area (Å²) in [5.41, 5.74) is 0.484. The normalized spacial score (nSPS) is 25.4. The molecule has 6 nitrogen and oxygen atoms in total. The van der Waals surface area contributed by atoms with E-state index in [1.807, 2.05) is 0 Å². The Morgan fingerprint density at radius 1 is 1.19 bits per heavy atom. The molecule has 84 valence electrons. The van der Waals surface area contributed by atoms with Crippen LogP contribution < -0.4 is 4.99 Å². The van der Waals surface area contributed by atoms with Gasteiger partial charge in [-0.1, -0.05) is 0 Å². The second-order valence-corrected chi connectivity index (χ2v) is 3.89. The van der Waals surface area contributed by atoms with Crippen LogP contribution in [-0.2, 0) is 9.59 Å². The Morgan fingerprint density at radius 3 is 2.44 bits per heavy atom. The molecule has 0 saturated carbocycles. The largest absolute Gasteiger partial charge is 0.417 e. The maximum absolute atomic E-state index is 11.9. The minimum absolute atomic E-state index is 0.259. The first kappa shape index (κ1) is 10.5. The Balaban J connectivity index is 2.53. The standard InChI is InChI=1S/C10H11N3O3/c1-5-4-11-8-6(7(5)14)9(15)13(3)10(16)12(8)2/h4,6H,1-3H3/p+1. The summed E-state index contributed by atoms with van der Waals surface area (Å²) in [6.45, 7) is 1.63. The number of hydrogen-bond donors (Lipinski definition) is 1. The monoisotopic (exact) mass is 222 g/mol. The lowest BCUT2D eigenvalue weighted by atomic mass is 9.92. The zero-order chi connectivity index (χ0) is 12.0. The number of urea groups is 1. The van der Waals surface area contributed by atoms with E-state index in [4.69, 9.17) is 0 Å². The van der Waals surface area contributed by atoms with E-state index in [0.717, 1.165) is 4.90 Å². The van der Waals surface area contributed by atoms with Gasteiger partial charge in [0, 0.05) is 12.6 Å². The molecule has 2 rings (SSSR count). The van der Waals surface area contributed by atoms with Gasteiger partial charge in [0.2, 0.25) is 5.92 Å². The zero-order valence-corrected chi connectivity index (χ0v) is 9.27. The number of nitrogens with zero attached hydrogens (tertiary/aromatic N) is 2. The molecule has 1 atom stereocenters. The molecule has 0 bridgehead atoms. The number of carbonyl (C=O) groups excluding carboxylic acids is 3. The lowest BCUT2D eigenvalue weighted by Gasteiger charge is -2.30. The van der Waals surface area contributed by atoms with Crippen LogP contribution in [0.4, 0.5) is 4.79 Å². The number of fused-ring (bicyclic) bond motifs is 1. The van der Waals surface area contributed by atoms with Gasteiger partial charge in [0.15, 0.2) is 5.78 Å². The lowest BCUT2D eigenvalue weighted by molar-refractivity contribution is -0.384. The summed E-state index contributed by atoms with van der Waals surface area (Å²) in [6.07, 6.45) is 1.51. The Morgan fingerprint density at radius 2 is 1.81 bits per heavy atom. The molecule has 6 heteroatoms. The number of amidine groups is 1. The first-order chi connectivity index (χ1) is 7.45. The molecule has 0 aromatic rings. The maximum atomic E-state index is 11.9.